The van der Waals surface area contributed by atoms with Crippen LogP contribution in [0.1, 0.15) is 25.3 Å². The van der Waals surface area contributed by atoms with Crippen molar-refractivity contribution in [3.8, 4) is 16.9 Å². The summed E-state index contributed by atoms with van der Waals surface area (Å²) in [5.74, 6) is -0.173. The van der Waals surface area contributed by atoms with E-state index in [0.717, 1.165) is 11.6 Å². The van der Waals surface area contributed by atoms with E-state index in [1.807, 2.05) is 24.3 Å². The monoisotopic (exact) mass is 313 g/mol. The van der Waals surface area contributed by atoms with E-state index >= 15 is 0 Å². The van der Waals surface area contributed by atoms with Crippen LogP contribution in [0.2, 0.25) is 0 Å². The van der Waals surface area contributed by atoms with E-state index in [-0.39, 0.29) is 5.69 Å². The maximum Gasteiger partial charge on any atom is 0.247 e. The van der Waals surface area contributed by atoms with Crippen LogP contribution in [0.3, 0.4) is 0 Å². The molecule has 120 valence electrons. The average Bonchev–Trinajstić information content (AvgIpc) is 2.56. The van der Waals surface area contributed by atoms with Crippen molar-refractivity contribution < 1.29 is 13.9 Å². The fourth-order valence-electron chi connectivity index (χ4n) is 2.28. The molecule has 0 saturated carbocycles. The number of hydrogen-bond donors (Lipinski definition) is 1. The highest BCUT2D eigenvalue weighted by Crippen LogP contribution is 2.35. The van der Waals surface area contributed by atoms with E-state index in [1.54, 1.807) is 6.07 Å². The van der Waals surface area contributed by atoms with E-state index < -0.39 is 11.7 Å². The fraction of sp³-hybridized carbons (Fsp3) is 0.211. The molecule has 0 atom stereocenters. The molecular formula is C19H20FNO2. The SMILES string of the molecule is C=CC(=O)Nc1cc(-c2ccc(C(C)C)cc2)c(OC)cc1F. The molecule has 0 aliphatic heterocycles. The zero-order chi connectivity index (χ0) is 17.0. The van der Waals surface area contributed by atoms with Crippen LogP contribution in [0, 0.1) is 5.82 Å². The van der Waals surface area contributed by atoms with Gasteiger partial charge in [-0.3, -0.25) is 4.79 Å². The van der Waals surface area contributed by atoms with Gasteiger partial charge < -0.3 is 10.1 Å². The molecule has 0 aliphatic carbocycles. The van der Waals surface area contributed by atoms with Crippen molar-refractivity contribution >= 4 is 11.6 Å². The summed E-state index contributed by atoms with van der Waals surface area (Å²) in [7, 11) is 1.49. The summed E-state index contributed by atoms with van der Waals surface area (Å²) in [6, 6.07) is 10.8. The summed E-state index contributed by atoms with van der Waals surface area (Å²) < 4.78 is 19.3. The van der Waals surface area contributed by atoms with Crippen LogP contribution in [-0.2, 0) is 4.79 Å². The van der Waals surface area contributed by atoms with Gasteiger partial charge in [0.25, 0.3) is 0 Å². The molecule has 0 bridgehead atoms. The predicted octanol–water partition coefficient (Wildman–Crippen LogP) is 4.75. The Morgan fingerprint density at radius 1 is 1.26 bits per heavy atom. The Balaban J connectivity index is 2.48. The Kier molecular flexibility index (Phi) is 5.16. The van der Waals surface area contributed by atoms with E-state index in [4.69, 9.17) is 4.74 Å². The number of methoxy groups -OCH3 is 1. The van der Waals surface area contributed by atoms with Gasteiger partial charge in [-0.1, -0.05) is 44.7 Å². The number of carbonyl (C=O) groups excluding carboxylic acids is 1. The van der Waals surface area contributed by atoms with Crippen LogP contribution in [0.4, 0.5) is 10.1 Å². The molecule has 23 heavy (non-hydrogen) atoms. The highest BCUT2D eigenvalue weighted by atomic mass is 19.1. The number of ether oxygens (including phenoxy) is 1. The Hall–Kier alpha value is -2.62. The summed E-state index contributed by atoms with van der Waals surface area (Å²) in [6.45, 7) is 7.61. The van der Waals surface area contributed by atoms with Crippen LogP contribution >= 0.6 is 0 Å². The molecule has 0 unspecified atom stereocenters. The molecule has 1 amide bonds. The number of rotatable bonds is 5. The van der Waals surface area contributed by atoms with Gasteiger partial charge >= 0.3 is 0 Å². The smallest absolute Gasteiger partial charge is 0.247 e. The van der Waals surface area contributed by atoms with Crippen LogP contribution in [-0.4, -0.2) is 13.0 Å². The zero-order valence-electron chi connectivity index (χ0n) is 13.5. The standard InChI is InChI=1S/C19H20FNO2/c1-5-19(22)21-17-10-15(18(23-4)11-16(17)20)14-8-6-13(7-9-14)12(2)3/h5-12H,1H2,2-4H3,(H,21,22). The first-order valence-corrected chi connectivity index (χ1v) is 7.37. The van der Waals surface area contributed by atoms with Crippen LogP contribution < -0.4 is 10.1 Å². The molecule has 0 spiro atoms. The Bertz CT molecular complexity index is 721. The number of amides is 1. The van der Waals surface area contributed by atoms with Crippen molar-refractivity contribution in [1.29, 1.82) is 0 Å². The van der Waals surface area contributed by atoms with Gasteiger partial charge in [0, 0.05) is 11.6 Å². The normalized spacial score (nSPS) is 10.5. The number of anilines is 1. The van der Waals surface area contributed by atoms with Crippen molar-refractivity contribution in [3.63, 3.8) is 0 Å². The second-order valence-electron chi connectivity index (χ2n) is 5.50. The third-order valence-corrected chi connectivity index (χ3v) is 3.62. The second kappa shape index (κ2) is 7.09. The largest absolute Gasteiger partial charge is 0.496 e. The van der Waals surface area contributed by atoms with Gasteiger partial charge in [-0.2, -0.15) is 0 Å². The fourth-order valence-corrected chi connectivity index (χ4v) is 2.28. The Morgan fingerprint density at radius 3 is 2.43 bits per heavy atom. The predicted molar refractivity (Wildman–Crippen MR) is 91.3 cm³/mol. The lowest BCUT2D eigenvalue weighted by Gasteiger charge is -2.13. The highest BCUT2D eigenvalue weighted by molar-refractivity contribution is 5.99. The Morgan fingerprint density at radius 2 is 1.91 bits per heavy atom. The lowest BCUT2D eigenvalue weighted by Crippen LogP contribution is -2.09. The Labute approximate surface area is 135 Å². The first-order valence-electron chi connectivity index (χ1n) is 7.37. The minimum atomic E-state index is -0.556. The van der Waals surface area contributed by atoms with Crippen LogP contribution in [0.5, 0.6) is 5.75 Å². The van der Waals surface area contributed by atoms with Gasteiger partial charge in [-0.25, -0.2) is 4.39 Å². The third-order valence-electron chi connectivity index (χ3n) is 3.62. The zero-order valence-corrected chi connectivity index (χ0v) is 13.5. The van der Waals surface area contributed by atoms with Gasteiger partial charge in [0.15, 0.2) is 0 Å². The van der Waals surface area contributed by atoms with E-state index in [0.29, 0.717) is 17.2 Å². The lowest BCUT2D eigenvalue weighted by molar-refractivity contribution is -0.111. The summed E-state index contributed by atoms with van der Waals surface area (Å²) in [4.78, 5) is 11.4. The number of halogens is 1. The van der Waals surface area contributed by atoms with E-state index in [2.05, 4.69) is 25.7 Å². The lowest BCUT2D eigenvalue weighted by atomic mass is 9.98. The molecular weight excluding hydrogens is 293 g/mol. The molecule has 0 heterocycles. The molecule has 0 fully saturated rings. The number of benzene rings is 2. The molecule has 0 saturated heterocycles. The molecule has 4 heteroatoms. The average molecular weight is 313 g/mol. The molecule has 1 N–H and O–H groups in total. The van der Waals surface area contributed by atoms with E-state index in [1.165, 1.54) is 18.7 Å². The van der Waals surface area contributed by atoms with Crippen LogP contribution in [0.15, 0.2) is 49.1 Å². The molecule has 2 aromatic rings. The molecule has 0 aliphatic rings. The van der Waals surface area contributed by atoms with Crippen molar-refractivity contribution in [3.05, 3.63) is 60.4 Å². The number of carbonyl (C=O) groups is 1. The quantitative estimate of drug-likeness (QED) is 0.809. The first kappa shape index (κ1) is 16.7. The summed E-state index contributed by atoms with van der Waals surface area (Å²) in [6.07, 6.45) is 1.10. The van der Waals surface area contributed by atoms with E-state index in [9.17, 15) is 9.18 Å². The number of nitrogens with one attached hydrogen (secondary N) is 1. The molecule has 2 aromatic carbocycles. The van der Waals surface area contributed by atoms with Gasteiger partial charge in [-0.05, 0) is 29.2 Å². The molecule has 0 aromatic heterocycles. The van der Waals surface area contributed by atoms with Gasteiger partial charge in [0.05, 0.1) is 12.8 Å². The highest BCUT2D eigenvalue weighted by Gasteiger charge is 2.13. The molecule has 2 rings (SSSR count). The van der Waals surface area contributed by atoms with Crippen molar-refractivity contribution in [1.82, 2.24) is 0 Å². The third kappa shape index (κ3) is 3.77. The van der Waals surface area contributed by atoms with Crippen LogP contribution in [0.25, 0.3) is 11.1 Å². The number of hydrogen-bond acceptors (Lipinski definition) is 2. The summed E-state index contributed by atoms with van der Waals surface area (Å²) >= 11 is 0. The summed E-state index contributed by atoms with van der Waals surface area (Å²) in [5.41, 5.74) is 2.91. The van der Waals surface area contributed by atoms with Gasteiger partial charge in [0.1, 0.15) is 11.6 Å². The van der Waals surface area contributed by atoms with Gasteiger partial charge in [-0.15, -0.1) is 0 Å². The van der Waals surface area contributed by atoms with Crippen molar-refractivity contribution in [2.24, 2.45) is 0 Å². The topological polar surface area (TPSA) is 38.3 Å². The maximum absolute atomic E-state index is 14.1. The van der Waals surface area contributed by atoms with Crippen molar-refractivity contribution in [2.45, 2.75) is 19.8 Å². The summed E-state index contributed by atoms with van der Waals surface area (Å²) in [5, 5.41) is 2.46. The first-order chi connectivity index (χ1) is 11.0. The molecule has 0 radical (unpaired) electrons. The maximum atomic E-state index is 14.1. The molecule has 3 nitrogen and oxygen atoms in total. The van der Waals surface area contributed by atoms with Gasteiger partial charge in [0.2, 0.25) is 5.91 Å². The minimum absolute atomic E-state index is 0.0960. The second-order valence-corrected chi connectivity index (χ2v) is 5.50. The minimum Gasteiger partial charge on any atom is -0.496 e. The van der Waals surface area contributed by atoms with Crippen molar-refractivity contribution in [2.75, 3.05) is 12.4 Å².